The van der Waals surface area contributed by atoms with E-state index < -0.39 is 0 Å². The van der Waals surface area contributed by atoms with E-state index >= 15 is 0 Å². The van der Waals surface area contributed by atoms with Gasteiger partial charge in [0.05, 0.1) is 6.10 Å². The molecule has 7 heteroatoms. The zero-order chi connectivity index (χ0) is 16.7. The smallest absolute Gasteiger partial charge is 0.253 e. The summed E-state index contributed by atoms with van der Waals surface area (Å²) in [5.41, 5.74) is 1.79. The van der Waals surface area contributed by atoms with Gasteiger partial charge in [-0.2, -0.15) is 0 Å². The second kappa shape index (κ2) is 10.5. The molecule has 0 bridgehead atoms. The Kier molecular flexibility index (Phi) is 9.05. The molecule has 1 atom stereocenters. The molecule has 6 nitrogen and oxygen atoms in total. The molecule has 0 aromatic heterocycles. The molecule has 2 N–H and O–H groups in total. The molecular formula is C17H27IN4O2. The van der Waals surface area contributed by atoms with E-state index in [4.69, 9.17) is 4.74 Å². The van der Waals surface area contributed by atoms with Crippen LogP contribution in [0.2, 0.25) is 0 Å². The van der Waals surface area contributed by atoms with Crippen LogP contribution in [-0.4, -0.2) is 57.2 Å². The van der Waals surface area contributed by atoms with Gasteiger partial charge in [0, 0.05) is 46.4 Å². The van der Waals surface area contributed by atoms with Crippen LogP contribution in [0.25, 0.3) is 0 Å². The lowest BCUT2D eigenvalue weighted by Gasteiger charge is -2.15. The van der Waals surface area contributed by atoms with Crippen molar-refractivity contribution >= 4 is 35.8 Å². The van der Waals surface area contributed by atoms with Gasteiger partial charge in [0.15, 0.2) is 5.96 Å². The molecule has 24 heavy (non-hydrogen) atoms. The van der Waals surface area contributed by atoms with E-state index in [1.165, 1.54) is 0 Å². The van der Waals surface area contributed by atoms with E-state index in [1.807, 2.05) is 24.3 Å². The minimum atomic E-state index is 0. The number of benzene rings is 1. The predicted molar refractivity (Wildman–Crippen MR) is 107 cm³/mol. The Morgan fingerprint density at radius 3 is 2.54 bits per heavy atom. The minimum Gasteiger partial charge on any atom is -0.376 e. The highest BCUT2D eigenvalue weighted by atomic mass is 127. The Bertz CT molecular complexity index is 540. The van der Waals surface area contributed by atoms with Gasteiger partial charge in [-0.15, -0.1) is 24.0 Å². The molecule has 1 aliphatic heterocycles. The second-order valence-electron chi connectivity index (χ2n) is 5.84. The minimum absolute atomic E-state index is 0. The first-order valence-electron chi connectivity index (χ1n) is 7.97. The highest BCUT2D eigenvalue weighted by Crippen LogP contribution is 2.10. The molecule has 1 aliphatic rings. The molecule has 1 aromatic carbocycles. The molecule has 1 heterocycles. The number of hydrogen-bond acceptors (Lipinski definition) is 3. The first kappa shape index (κ1) is 20.7. The van der Waals surface area contributed by atoms with Crippen molar-refractivity contribution in [3.63, 3.8) is 0 Å². The summed E-state index contributed by atoms with van der Waals surface area (Å²) in [6.45, 7) is 2.29. The fourth-order valence-electron chi connectivity index (χ4n) is 2.45. The number of nitrogens with zero attached hydrogens (tertiary/aromatic N) is 2. The van der Waals surface area contributed by atoms with Gasteiger partial charge in [-0.1, -0.05) is 12.1 Å². The third-order valence-electron chi connectivity index (χ3n) is 3.81. The van der Waals surface area contributed by atoms with Crippen LogP contribution in [0.1, 0.15) is 28.8 Å². The fraction of sp³-hybridized carbons (Fsp3) is 0.529. The van der Waals surface area contributed by atoms with Crippen molar-refractivity contribution in [2.24, 2.45) is 4.99 Å². The zero-order valence-electron chi connectivity index (χ0n) is 14.5. The van der Waals surface area contributed by atoms with Crippen molar-refractivity contribution in [1.82, 2.24) is 15.5 Å². The lowest BCUT2D eigenvalue weighted by atomic mass is 10.1. The van der Waals surface area contributed by atoms with Crippen molar-refractivity contribution in [3.05, 3.63) is 35.4 Å². The molecule has 1 saturated heterocycles. The Hall–Kier alpha value is -1.35. The average Bonchev–Trinajstić information content (AvgIpc) is 3.08. The van der Waals surface area contributed by atoms with Crippen LogP contribution in [0.4, 0.5) is 0 Å². The normalized spacial score (nSPS) is 17.1. The molecule has 0 aliphatic carbocycles. The summed E-state index contributed by atoms with van der Waals surface area (Å²) >= 11 is 0. The van der Waals surface area contributed by atoms with Crippen LogP contribution in [0.3, 0.4) is 0 Å². The van der Waals surface area contributed by atoms with Crippen molar-refractivity contribution in [2.75, 3.05) is 34.3 Å². The maximum Gasteiger partial charge on any atom is 0.253 e. The maximum atomic E-state index is 11.8. The van der Waals surface area contributed by atoms with Crippen LogP contribution in [0.5, 0.6) is 0 Å². The number of carbonyl (C=O) groups is 1. The molecule has 0 saturated carbocycles. The Labute approximate surface area is 161 Å². The topological polar surface area (TPSA) is 66.0 Å². The van der Waals surface area contributed by atoms with Gasteiger partial charge in [-0.25, -0.2) is 0 Å². The van der Waals surface area contributed by atoms with E-state index in [-0.39, 0.29) is 36.0 Å². The number of rotatable bonds is 5. The number of halogens is 1. The summed E-state index contributed by atoms with van der Waals surface area (Å²) in [7, 11) is 5.26. The van der Waals surface area contributed by atoms with E-state index in [9.17, 15) is 4.79 Å². The van der Waals surface area contributed by atoms with Crippen molar-refractivity contribution in [1.29, 1.82) is 0 Å². The number of hydrogen-bond donors (Lipinski definition) is 2. The second-order valence-corrected chi connectivity index (χ2v) is 5.84. The predicted octanol–water partition coefficient (Wildman–Crippen LogP) is 1.85. The van der Waals surface area contributed by atoms with Gasteiger partial charge < -0.3 is 20.3 Å². The van der Waals surface area contributed by atoms with E-state index in [2.05, 4.69) is 15.6 Å². The summed E-state index contributed by atoms with van der Waals surface area (Å²) in [6, 6.07) is 7.61. The average molecular weight is 446 g/mol. The summed E-state index contributed by atoms with van der Waals surface area (Å²) < 4.78 is 5.58. The van der Waals surface area contributed by atoms with Crippen molar-refractivity contribution in [2.45, 2.75) is 25.5 Å². The highest BCUT2D eigenvalue weighted by molar-refractivity contribution is 14.0. The van der Waals surface area contributed by atoms with E-state index in [1.54, 1.807) is 26.0 Å². The molecule has 0 spiro atoms. The van der Waals surface area contributed by atoms with Crippen LogP contribution >= 0.6 is 24.0 Å². The molecule has 2 rings (SSSR count). The Morgan fingerprint density at radius 1 is 1.29 bits per heavy atom. The van der Waals surface area contributed by atoms with Gasteiger partial charge in [0.25, 0.3) is 5.91 Å². The van der Waals surface area contributed by atoms with E-state index in [0.717, 1.165) is 37.5 Å². The number of guanidine groups is 1. The van der Waals surface area contributed by atoms with Crippen molar-refractivity contribution in [3.8, 4) is 0 Å². The summed E-state index contributed by atoms with van der Waals surface area (Å²) in [6.07, 6.45) is 2.52. The lowest BCUT2D eigenvalue weighted by Crippen LogP contribution is -2.40. The lowest BCUT2D eigenvalue weighted by molar-refractivity contribution is 0.0827. The molecule has 1 amide bonds. The van der Waals surface area contributed by atoms with Crippen LogP contribution in [0.15, 0.2) is 29.3 Å². The summed E-state index contributed by atoms with van der Waals surface area (Å²) in [5, 5.41) is 6.55. The van der Waals surface area contributed by atoms with Crippen LogP contribution < -0.4 is 10.6 Å². The highest BCUT2D eigenvalue weighted by Gasteiger charge is 2.15. The monoisotopic (exact) mass is 446 g/mol. The molecule has 1 fully saturated rings. The van der Waals surface area contributed by atoms with Gasteiger partial charge in [-0.05, 0) is 30.5 Å². The summed E-state index contributed by atoms with van der Waals surface area (Å²) in [4.78, 5) is 17.6. The van der Waals surface area contributed by atoms with E-state index in [0.29, 0.717) is 12.1 Å². The summed E-state index contributed by atoms with van der Waals surface area (Å²) in [5.74, 6) is 0.771. The van der Waals surface area contributed by atoms with Gasteiger partial charge in [-0.3, -0.25) is 9.79 Å². The van der Waals surface area contributed by atoms with Crippen LogP contribution in [-0.2, 0) is 11.3 Å². The zero-order valence-corrected chi connectivity index (χ0v) is 16.9. The molecule has 1 aromatic rings. The van der Waals surface area contributed by atoms with Gasteiger partial charge >= 0.3 is 0 Å². The molecule has 134 valence electrons. The standard InChI is InChI=1S/C17H26N4O2.HI/c1-18-17(20-12-15-5-4-10-23-15)19-11-13-6-8-14(9-7-13)16(22)21(2)3;/h6-9,15H,4-5,10-12H2,1-3H3,(H2,18,19,20);1H. The molecular weight excluding hydrogens is 419 g/mol. The van der Waals surface area contributed by atoms with Gasteiger partial charge in [0.1, 0.15) is 0 Å². The first-order valence-corrected chi connectivity index (χ1v) is 7.97. The van der Waals surface area contributed by atoms with Crippen molar-refractivity contribution < 1.29 is 9.53 Å². The maximum absolute atomic E-state index is 11.8. The number of amides is 1. The third kappa shape index (κ3) is 6.27. The fourth-order valence-corrected chi connectivity index (χ4v) is 2.45. The number of aliphatic imine (C=N–C) groups is 1. The quantitative estimate of drug-likeness (QED) is 0.412. The number of nitrogens with one attached hydrogen (secondary N) is 2. The largest absolute Gasteiger partial charge is 0.376 e. The Morgan fingerprint density at radius 2 is 2.00 bits per heavy atom. The first-order chi connectivity index (χ1) is 11.1. The molecule has 0 radical (unpaired) electrons. The Balaban J connectivity index is 0.00000288. The molecule has 1 unspecified atom stereocenters. The number of carbonyl (C=O) groups excluding carboxylic acids is 1. The van der Waals surface area contributed by atoms with Crippen LogP contribution in [0, 0.1) is 0 Å². The van der Waals surface area contributed by atoms with Gasteiger partial charge in [0.2, 0.25) is 0 Å². The SMILES string of the molecule is CN=C(NCc1ccc(C(=O)N(C)C)cc1)NCC1CCCO1.I. The third-order valence-corrected chi connectivity index (χ3v) is 3.81. The number of ether oxygens (including phenoxy) is 1.